The second-order valence-corrected chi connectivity index (χ2v) is 5.96. The van der Waals surface area contributed by atoms with E-state index in [0.29, 0.717) is 33.7 Å². The molecule has 0 aliphatic rings. The largest absolute Gasteiger partial charge is 0.467 e. The molecule has 0 aliphatic carbocycles. The van der Waals surface area contributed by atoms with Crippen molar-refractivity contribution in [3.05, 3.63) is 82.7 Å². The molecule has 3 aromatic rings. The molecule has 2 aromatic carbocycles. The maximum absolute atomic E-state index is 12.7. The number of amides is 2. The van der Waals surface area contributed by atoms with Gasteiger partial charge in [0.1, 0.15) is 5.76 Å². The van der Waals surface area contributed by atoms with Crippen LogP contribution in [0.1, 0.15) is 5.76 Å². The average Bonchev–Trinajstić information content (AvgIpc) is 3.07. The van der Waals surface area contributed by atoms with Crippen molar-refractivity contribution in [1.82, 2.24) is 0 Å². The number of rotatable bonds is 4. The molecule has 0 saturated heterocycles. The number of hydrogen-bond donors (Lipinski definition) is 1. The van der Waals surface area contributed by atoms with E-state index < -0.39 is 0 Å². The highest BCUT2D eigenvalue weighted by Gasteiger charge is 2.18. The Balaban J connectivity index is 1.85. The van der Waals surface area contributed by atoms with Crippen LogP contribution < -0.4 is 10.2 Å². The predicted molar refractivity (Wildman–Crippen MR) is 96.8 cm³/mol. The molecule has 24 heavy (non-hydrogen) atoms. The third-order valence-corrected chi connectivity index (χ3v) is 3.84. The molecule has 4 nitrogen and oxygen atoms in total. The number of urea groups is 1. The molecule has 6 heteroatoms. The number of nitrogens with zero attached hydrogens (tertiary/aromatic N) is 1. The number of carbonyl (C=O) groups excluding carboxylic acids is 1. The van der Waals surface area contributed by atoms with Gasteiger partial charge in [-0.15, -0.1) is 0 Å². The summed E-state index contributed by atoms with van der Waals surface area (Å²) in [5, 5.41) is 3.99. The fourth-order valence-corrected chi connectivity index (χ4v) is 2.53. The van der Waals surface area contributed by atoms with Gasteiger partial charge in [-0.25, -0.2) is 4.79 Å². The van der Waals surface area contributed by atoms with Gasteiger partial charge in [-0.05, 0) is 54.6 Å². The first kappa shape index (κ1) is 16.4. The van der Waals surface area contributed by atoms with Crippen molar-refractivity contribution < 1.29 is 9.21 Å². The van der Waals surface area contributed by atoms with E-state index in [1.165, 1.54) is 0 Å². The van der Waals surface area contributed by atoms with Gasteiger partial charge >= 0.3 is 6.03 Å². The Hall–Kier alpha value is -2.43. The maximum Gasteiger partial charge on any atom is 0.326 e. The number of benzene rings is 2. The van der Waals surface area contributed by atoms with Crippen LogP contribution in [-0.2, 0) is 6.54 Å². The number of furan rings is 1. The van der Waals surface area contributed by atoms with Crippen LogP contribution in [-0.4, -0.2) is 6.03 Å². The third-order valence-electron chi connectivity index (χ3n) is 3.35. The van der Waals surface area contributed by atoms with E-state index in [1.807, 2.05) is 6.07 Å². The standard InChI is InChI=1S/C18H14Cl2N2O2/c19-13-6-8-16(9-7-13)22(12-17-5-2-10-24-17)18(23)21-15-4-1-3-14(20)11-15/h1-11H,12H2,(H,21,23). The number of carbonyl (C=O) groups is 1. The van der Waals surface area contributed by atoms with Crippen LogP contribution in [0.4, 0.5) is 16.2 Å². The van der Waals surface area contributed by atoms with Gasteiger partial charge in [0, 0.05) is 21.4 Å². The van der Waals surface area contributed by atoms with Crippen LogP contribution in [0.25, 0.3) is 0 Å². The molecule has 0 saturated carbocycles. The zero-order valence-electron chi connectivity index (χ0n) is 12.6. The van der Waals surface area contributed by atoms with Crippen molar-refractivity contribution in [2.75, 3.05) is 10.2 Å². The number of halogens is 2. The summed E-state index contributed by atoms with van der Waals surface area (Å²) in [5.41, 5.74) is 1.32. The van der Waals surface area contributed by atoms with Gasteiger partial charge in [0.2, 0.25) is 0 Å². The van der Waals surface area contributed by atoms with Gasteiger partial charge in [0.25, 0.3) is 0 Å². The van der Waals surface area contributed by atoms with E-state index in [1.54, 1.807) is 65.8 Å². The molecule has 2 amide bonds. The minimum Gasteiger partial charge on any atom is -0.467 e. The predicted octanol–water partition coefficient (Wildman–Crippen LogP) is 5.83. The minimum atomic E-state index is -0.295. The SMILES string of the molecule is O=C(Nc1cccc(Cl)c1)N(Cc1ccco1)c1ccc(Cl)cc1. The molecule has 3 rings (SSSR count). The van der Waals surface area contributed by atoms with Crippen molar-refractivity contribution in [3.63, 3.8) is 0 Å². The maximum atomic E-state index is 12.7. The Kier molecular flexibility index (Phi) is 5.08. The van der Waals surface area contributed by atoms with E-state index in [-0.39, 0.29) is 6.03 Å². The van der Waals surface area contributed by atoms with Crippen LogP contribution >= 0.6 is 23.2 Å². The Morgan fingerprint density at radius 2 is 1.79 bits per heavy atom. The van der Waals surface area contributed by atoms with E-state index in [2.05, 4.69) is 5.32 Å². The second kappa shape index (κ2) is 7.43. The number of anilines is 2. The Morgan fingerprint density at radius 1 is 1.00 bits per heavy atom. The Bertz CT molecular complexity index is 817. The van der Waals surface area contributed by atoms with Crippen molar-refractivity contribution >= 4 is 40.6 Å². The first-order chi connectivity index (χ1) is 11.6. The molecule has 122 valence electrons. The molecule has 0 fully saturated rings. The molecule has 1 aromatic heterocycles. The average molecular weight is 361 g/mol. The first-order valence-electron chi connectivity index (χ1n) is 7.24. The summed E-state index contributed by atoms with van der Waals surface area (Å²) in [5.74, 6) is 0.672. The highest BCUT2D eigenvalue weighted by molar-refractivity contribution is 6.31. The summed E-state index contributed by atoms with van der Waals surface area (Å²) in [6.45, 7) is 0.293. The summed E-state index contributed by atoms with van der Waals surface area (Å²) in [6, 6.07) is 17.3. The van der Waals surface area contributed by atoms with Gasteiger partial charge in [0.05, 0.1) is 12.8 Å². The van der Waals surface area contributed by atoms with Gasteiger partial charge in [-0.1, -0.05) is 29.3 Å². The van der Waals surface area contributed by atoms with Crippen LogP contribution in [0, 0.1) is 0 Å². The lowest BCUT2D eigenvalue weighted by Crippen LogP contribution is -2.34. The van der Waals surface area contributed by atoms with Crippen molar-refractivity contribution in [2.24, 2.45) is 0 Å². The lowest BCUT2D eigenvalue weighted by Gasteiger charge is -2.22. The summed E-state index contributed by atoms with van der Waals surface area (Å²) in [6.07, 6.45) is 1.57. The molecule has 1 N–H and O–H groups in total. The molecular weight excluding hydrogens is 347 g/mol. The third kappa shape index (κ3) is 4.10. The zero-order chi connectivity index (χ0) is 16.9. The smallest absolute Gasteiger partial charge is 0.326 e. The number of nitrogens with one attached hydrogen (secondary N) is 1. The quantitative estimate of drug-likeness (QED) is 0.636. The van der Waals surface area contributed by atoms with Gasteiger partial charge in [0.15, 0.2) is 0 Å². The highest BCUT2D eigenvalue weighted by Crippen LogP contribution is 2.22. The topological polar surface area (TPSA) is 45.5 Å². The van der Waals surface area contributed by atoms with Crippen molar-refractivity contribution in [1.29, 1.82) is 0 Å². The fourth-order valence-electron chi connectivity index (χ4n) is 2.22. The lowest BCUT2D eigenvalue weighted by atomic mass is 10.2. The summed E-state index contributed by atoms with van der Waals surface area (Å²) >= 11 is 11.9. The Morgan fingerprint density at radius 3 is 2.46 bits per heavy atom. The molecular formula is C18H14Cl2N2O2. The molecule has 0 radical (unpaired) electrons. The molecule has 0 unspecified atom stereocenters. The van der Waals surface area contributed by atoms with Crippen LogP contribution in [0.2, 0.25) is 10.0 Å². The summed E-state index contributed by atoms with van der Waals surface area (Å²) < 4.78 is 5.36. The normalized spacial score (nSPS) is 10.4. The van der Waals surface area contributed by atoms with Crippen LogP contribution in [0.3, 0.4) is 0 Å². The first-order valence-corrected chi connectivity index (χ1v) is 7.99. The van der Waals surface area contributed by atoms with Crippen molar-refractivity contribution in [2.45, 2.75) is 6.54 Å². The number of hydrogen-bond acceptors (Lipinski definition) is 2. The fraction of sp³-hybridized carbons (Fsp3) is 0.0556. The molecule has 1 heterocycles. The van der Waals surface area contributed by atoms with E-state index in [9.17, 15) is 4.79 Å². The second-order valence-electron chi connectivity index (χ2n) is 5.08. The highest BCUT2D eigenvalue weighted by atomic mass is 35.5. The summed E-state index contributed by atoms with van der Waals surface area (Å²) in [7, 11) is 0. The van der Waals surface area contributed by atoms with E-state index in [4.69, 9.17) is 27.6 Å². The zero-order valence-corrected chi connectivity index (χ0v) is 14.1. The monoisotopic (exact) mass is 360 g/mol. The van der Waals surface area contributed by atoms with E-state index >= 15 is 0 Å². The van der Waals surface area contributed by atoms with Gasteiger partial charge < -0.3 is 9.73 Å². The summed E-state index contributed by atoms with van der Waals surface area (Å²) in [4.78, 5) is 14.3. The molecule has 0 bridgehead atoms. The lowest BCUT2D eigenvalue weighted by molar-refractivity contribution is 0.256. The van der Waals surface area contributed by atoms with Gasteiger partial charge in [-0.3, -0.25) is 4.90 Å². The Labute approximate surface area is 149 Å². The molecule has 0 spiro atoms. The van der Waals surface area contributed by atoms with Gasteiger partial charge in [-0.2, -0.15) is 0 Å². The molecule has 0 aliphatic heterocycles. The van der Waals surface area contributed by atoms with Crippen LogP contribution in [0.15, 0.2) is 71.3 Å². The molecule has 0 atom stereocenters. The van der Waals surface area contributed by atoms with E-state index in [0.717, 1.165) is 0 Å². The van der Waals surface area contributed by atoms with Crippen molar-refractivity contribution in [3.8, 4) is 0 Å². The minimum absolute atomic E-state index is 0.293. The van der Waals surface area contributed by atoms with Crippen LogP contribution in [0.5, 0.6) is 0 Å².